The number of hydrogen-bond acceptors (Lipinski definition) is 2. The average Bonchev–Trinajstić information content (AvgIpc) is 2.38. The Morgan fingerprint density at radius 1 is 0.952 bits per heavy atom. The fourth-order valence-electron chi connectivity index (χ4n) is 3.40. The molecule has 21 heavy (non-hydrogen) atoms. The molecule has 2 saturated carbocycles. The van der Waals surface area contributed by atoms with Crippen LogP contribution in [0.2, 0.25) is 0 Å². The van der Waals surface area contributed by atoms with Gasteiger partial charge in [0.05, 0.1) is 5.76 Å². The summed E-state index contributed by atoms with van der Waals surface area (Å²) >= 11 is 0. The zero-order chi connectivity index (χ0) is 15.7. The fourth-order valence-corrected chi connectivity index (χ4v) is 3.40. The van der Waals surface area contributed by atoms with Crippen LogP contribution in [0.4, 0.5) is 8.78 Å². The van der Waals surface area contributed by atoms with Crippen molar-refractivity contribution in [3.8, 4) is 0 Å². The number of rotatable bonds is 3. The summed E-state index contributed by atoms with van der Waals surface area (Å²) in [7, 11) is 0. The van der Waals surface area contributed by atoms with Crippen molar-refractivity contribution in [1.82, 2.24) is 0 Å². The van der Waals surface area contributed by atoms with Gasteiger partial charge in [0.1, 0.15) is 11.3 Å². The van der Waals surface area contributed by atoms with Gasteiger partial charge in [-0.1, -0.05) is 0 Å². The number of ketones is 1. The van der Waals surface area contributed by atoms with Crippen molar-refractivity contribution in [2.75, 3.05) is 0 Å². The molecule has 0 unspecified atom stereocenters. The molecular weight excluding hydrogens is 274 g/mol. The van der Waals surface area contributed by atoms with Crippen LogP contribution in [0.15, 0.2) is 11.8 Å². The first kappa shape index (κ1) is 16.4. The minimum absolute atomic E-state index is 0.0871. The normalized spacial score (nSPS) is 41.8. The highest BCUT2D eigenvalue weighted by Crippen LogP contribution is 2.38. The van der Waals surface area contributed by atoms with Crippen molar-refractivity contribution in [3.63, 3.8) is 0 Å². The summed E-state index contributed by atoms with van der Waals surface area (Å²) in [5.41, 5.74) is -2.30. The first-order valence-electron chi connectivity index (χ1n) is 8.01. The topological polar surface area (TPSA) is 37.3 Å². The maximum Gasteiger partial charge on any atom is 0.162 e. The Kier molecular flexibility index (Phi) is 4.74. The quantitative estimate of drug-likeness (QED) is 0.598. The molecule has 120 valence electrons. The highest BCUT2D eigenvalue weighted by molar-refractivity contribution is 5.92. The van der Waals surface area contributed by atoms with E-state index in [9.17, 15) is 18.7 Å². The lowest BCUT2D eigenvalue weighted by Gasteiger charge is -2.31. The summed E-state index contributed by atoms with van der Waals surface area (Å²) in [6.07, 6.45) is 5.22. The second-order valence-corrected chi connectivity index (χ2v) is 7.35. The van der Waals surface area contributed by atoms with Crippen molar-refractivity contribution < 1.29 is 18.7 Å². The molecule has 0 spiro atoms. The van der Waals surface area contributed by atoms with Crippen LogP contribution in [-0.4, -0.2) is 22.2 Å². The maximum atomic E-state index is 13.7. The van der Waals surface area contributed by atoms with Crippen LogP contribution in [0, 0.1) is 11.8 Å². The number of aliphatic hydroxyl groups is 1. The van der Waals surface area contributed by atoms with Crippen LogP contribution in [0.1, 0.15) is 65.2 Å². The van der Waals surface area contributed by atoms with E-state index in [1.54, 1.807) is 13.8 Å². The number of carbonyl (C=O) groups excluding carboxylic acids is 1. The van der Waals surface area contributed by atoms with E-state index in [1.165, 1.54) is 6.08 Å². The van der Waals surface area contributed by atoms with E-state index in [1.807, 2.05) is 0 Å². The Labute approximate surface area is 125 Å². The zero-order valence-electron chi connectivity index (χ0n) is 13.0. The van der Waals surface area contributed by atoms with Gasteiger partial charge in [-0.25, -0.2) is 8.78 Å². The third-order valence-corrected chi connectivity index (χ3v) is 5.17. The highest BCUT2D eigenvalue weighted by atomic mass is 19.1. The molecule has 2 rings (SSSR count). The van der Waals surface area contributed by atoms with Crippen LogP contribution >= 0.6 is 0 Å². The molecule has 4 heteroatoms. The molecule has 0 radical (unpaired) electrons. The van der Waals surface area contributed by atoms with Gasteiger partial charge in [-0.05, 0) is 65.2 Å². The van der Waals surface area contributed by atoms with Gasteiger partial charge in [0, 0.05) is 17.9 Å². The van der Waals surface area contributed by atoms with Crippen LogP contribution in [0.3, 0.4) is 0 Å². The van der Waals surface area contributed by atoms with Crippen molar-refractivity contribution in [3.05, 3.63) is 11.8 Å². The molecule has 0 saturated heterocycles. The van der Waals surface area contributed by atoms with Gasteiger partial charge in [0.2, 0.25) is 0 Å². The van der Waals surface area contributed by atoms with Crippen LogP contribution < -0.4 is 0 Å². The number of carbonyl (C=O) groups is 1. The molecule has 0 aliphatic heterocycles. The fraction of sp³-hybridized carbons (Fsp3) is 0.824. The van der Waals surface area contributed by atoms with Crippen molar-refractivity contribution >= 4 is 5.78 Å². The summed E-state index contributed by atoms with van der Waals surface area (Å²) in [5.74, 6) is -0.292. The van der Waals surface area contributed by atoms with Gasteiger partial charge in [-0.15, -0.1) is 0 Å². The number of halogens is 2. The third kappa shape index (κ3) is 4.52. The van der Waals surface area contributed by atoms with Crippen molar-refractivity contribution in [1.29, 1.82) is 0 Å². The van der Waals surface area contributed by atoms with Gasteiger partial charge < -0.3 is 5.11 Å². The van der Waals surface area contributed by atoms with E-state index in [0.29, 0.717) is 51.4 Å². The summed E-state index contributed by atoms with van der Waals surface area (Å²) in [6.45, 7) is 3.17. The predicted octanol–water partition coefficient (Wildman–Crippen LogP) is 4.83. The van der Waals surface area contributed by atoms with Crippen LogP contribution in [0.5, 0.6) is 0 Å². The number of allylic oxidation sites excluding steroid dienone is 2. The van der Waals surface area contributed by atoms with Crippen molar-refractivity contribution in [2.45, 2.75) is 76.6 Å². The van der Waals surface area contributed by atoms with Crippen LogP contribution in [0.25, 0.3) is 0 Å². The molecule has 0 heterocycles. The lowest BCUT2D eigenvalue weighted by Crippen LogP contribution is -2.30. The predicted molar refractivity (Wildman–Crippen MR) is 78.7 cm³/mol. The van der Waals surface area contributed by atoms with Gasteiger partial charge >= 0.3 is 0 Å². The molecule has 2 aliphatic carbocycles. The number of hydrogen-bond donors (Lipinski definition) is 1. The molecule has 1 N–H and O–H groups in total. The van der Waals surface area contributed by atoms with Gasteiger partial charge in [0.25, 0.3) is 0 Å². The molecule has 0 aromatic carbocycles. The summed E-state index contributed by atoms with van der Waals surface area (Å²) in [5, 5.41) is 10.1. The maximum absolute atomic E-state index is 13.7. The largest absolute Gasteiger partial charge is 0.512 e. The van der Waals surface area contributed by atoms with Crippen molar-refractivity contribution in [2.24, 2.45) is 11.8 Å². The minimum atomic E-state index is -1.16. The average molecular weight is 300 g/mol. The van der Waals surface area contributed by atoms with Gasteiger partial charge in [0.15, 0.2) is 5.78 Å². The van der Waals surface area contributed by atoms with Crippen LogP contribution in [-0.2, 0) is 4.79 Å². The monoisotopic (exact) mass is 300 g/mol. The Morgan fingerprint density at radius 2 is 1.33 bits per heavy atom. The first-order valence-corrected chi connectivity index (χ1v) is 8.01. The highest BCUT2D eigenvalue weighted by Gasteiger charge is 2.35. The molecular formula is C17H26F2O2. The SMILES string of the molecule is CC1(F)CCC(C(=O)/C=C(\O)C2CCC(C)(F)CC2)CC1. The molecule has 0 aromatic rings. The van der Waals surface area contributed by atoms with E-state index >= 15 is 0 Å². The lowest BCUT2D eigenvalue weighted by atomic mass is 9.77. The second kappa shape index (κ2) is 6.05. The molecule has 0 aromatic heterocycles. The number of aliphatic hydroxyl groups excluding tert-OH is 1. The Balaban J connectivity index is 1.89. The molecule has 2 nitrogen and oxygen atoms in total. The first-order chi connectivity index (χ1) is 9.69. The lowest BCUT2D eigenvalue weighted by molar-refractivity contribution is -0.120. The molecule has 2 aliphatic rings. The zero-order valence-corrected chi connectivity index (χ0v) is 13.0. The number of alkyl halides is 2. The second-order valence-electron chi connectivity index (χ2n) is 7.35. The third-order valence-electron chi connectivity index (χ3n) is 5.17. The van der Waals surface area contributed by atoms with E-state index in [0.717, 1.165) is 0 Å². The summed E-state index contributed by atoms with van der Waals surface area (Å²) in [6, 6.07) is 0. The van der Waals surface area contributed by atoms with Gasteiger partial charge in [-0.2, -0.15) is 0 Å². The van der Waals surface area contributed by atoms with E-state index < -0.39 is 11.3 Å². The Hall–Kier alpha value is -0.930. The Bertz CT molecular complexity index is 407. The smallest absolute Gasteiger partial charge is 0.162 e. The standard InChI is InChI=1S/C17H26F2O2/c1-16(18)7-3-12(4-8-16)14(20)11-15(21)13-5-9-17(2,19)10-6-13/h11-13,20H,3-10H2,1-2H3/b14-11-. The molecule has 2 fully saturated rings. The minimum Gasteiger partial charge on any atom is -0.512 e. The molecule has 0 bridgehead atoms. The Morgan fingerprint density at radius 3 is 1.76 bits per heavy atom. The van der Waals surface area contributed by atoms with E-state index in [2.05, 4.69) is 0 Å². The summed E-state index contributed by atoms with van der Waals surface area (Å²) in [4.78, 5) is 12.2. The van der Waals surface area contributed by atoms with Gasteiger partial charge in [-0.3, -0.25) is 4.79 Å². The molecule has 0 atom stereocenters. The summed E-state index contributed by atoms with van der Waals surface area (Å²) < 4.78 is 27.5. The van der Waals surface area contributed by atoms with E-state index in [4.69, 9.17) is 0 Å². The molecule has 0 amide bonds. The van der Waals surface area contributed by atoms with E-state index in [-0.39, 0.29) is 23.4 Å².